The third-order valence-corrected chi connectivity index (χ3v) is 3.13. The van der Waals surface area contributed by atoms with Gasteiger partial charge in [-0.15, -0.1) is 0 Å². The summed E-state index contributed by atoms with van der Waals surface area (Å²) in [7, 11) is 2.10. The van der Waals surface area contributed by atoms with Crippen LogP contribution < -0.4 is 0 Å². The zero-order chi connectivity index (χ0) is 11.7. The molecule has 2 aromatic rings. The van der Waals surface area contributed by atoms with E-state index >= 15 is 0 Å². The maximum absolute atomic E-state index is 2.25. The summed E-state index contributed by atoms with van der Waals surface area (Å²) in [5.41, 5.74) is 2.57. The van der Waals surface area contributed by atoms with Crippen molar-refractivity contribution < 1.29 is 0 Å². The second-order valence-electron chi connectivity index (χ2n) is 4.49. The molecule has 0 amide bonds. The van der Waals surface area contributed by atoms with Crippen molar-refractivity contribution >= 4 is 16.3 Å². The zero-order valence-corrected chi connectivity index (χ0v) is 9.93. The van der Waals surface area contributed by atoms with Crippen LogP contribution >= 0.6 is 0 Å². The van der Waals surface area contributed by atoms with E-state index in [9.17, 15) is 0 Å². The molecule has 1 aliphatic heterocycles. The summed E-state index contributed by atoms with van der Waals surface area (Å²) in [4.78, 5) is 2.20. The minimum absolute atomic E-state index is 0.997. The number of allylic oxidation sites excluding steroid dienone is 2. The fourth-order valence-corrected chi connectivity index (χ4v) is 2.22. The minimum atomic E-state index is 0.997. The van der Waals surface area contributed by atoms with Gasteiger partial charge in [0.05, 0.1) is 0 Å². The average molecular weight is 221 g/mol. The number of rotatable bonds is 1. The van der Waals surface area contributed by atoms with Crippen LogP contribution in [0.1, 0.15) is 5.56 Å². The van der Waals surface area contributed by atoms with E-state index in [1.165, 1.54) is 21.9 Å². The highest BCUT2D eigenvalue weighted by atomic mass is 15.1. The molecule has 84 valence electrons. The molecule has 0 saturated carbocycles. The first-order chi connectivity index (χ1) is 8.33. The number of nitrogens with zero attached hydrogens (tertiary/aromatic N) is 1. The first-order valence-electron chi connectivity index (χ1n) is 5.91. The van der Waals surface area contributed by atoms with Gasteiger partial charge in [-0.3, -0.25) is 0 Å². The van der Waals surface area contributed by atoms with Gasteiger partial charge in [0.15, 0.2) is 0 Å². The number of hydrogen-bond donors (Lipinski definition) is 0. The molecule has 0 unspecified atom stereocenters. The fourth-order valence-electron chi connectivity index (χ4n) is 2.22. The van der Waals surface area contributed by atoms with Gasteiger partial charge in [-0.2, -0.15) is 0 Å². The molecule has 0 aliphatic carbocycles. The summed E-state index contributed by atoms with van der Waals surface area (Å²) in [6.07, 6.45) is 6.60. The van der Waals surface area contributed by atoms with E-state index in [1.807, 2.05) is 0 Å². The van der Waals surface area contributed by atoms with E-state index in [2.05, 4.69) is 72.8 Å². The molecule has 3 rings (SSSR count). The standard InChI is InChI=1S/C16H15N/c1-17-10-4-7-16(12-17)15-9-8-13-5-2-3-6-14(13)11-15/h2-9,11-12H,10H2,1H3. The molecule has 0 atom stereocenters. The molecule has 0 saturated heterocycles. The van der Waals surface area contributed by atoms with E-state index in [1.54, 1.807) is 0 Å². The Hall–Kier alpha value is -2.02. The topological polar surface area (TPSA) is 3.24 Å². The Morgan fingerprint density at radius 1 is 1.00 bits per heavy atom. The minimum Gasteiger partial charge on any atom is -0.376 e. The second-order valence-corrected chi connectivity index (χ2v) is 4.49. The largest absolute Gasteiger partial charge is 0.376 e. The molecule has 0 fully saturated rings. The number of hydrogen-bond acceptors (Lipinski definition) is 1. The van der Waals surface area contributed by atoms with Gasteiger partial charge in [0, 0.05) is 19.8 Å². The first kappa shape index (κ1) is 10.2. The van der Waals surface area contributed by atoms with Gasteiger partial charge in [0.2, 0.25) is 0 Å². The fraction of sp³-hybridized carbons (Fsp3) is 0.125. The van der Waals surface area contributed by atoms with Crippen molar-refractivity contribution in [1.29, 1.82) is 0 Å². The lowest BCUT2D eigenvalue weighted by molar-refractivity contribution is 0.507. The van der Waals surface area contributed by atoms with Gasteiger partial charge in [0.1, 0.15) is 0 Å². The molecular formula is C16H15N. The van der Waals surface area contributed by atoms with Crippen molar-refractivity contribution in [3.8, 4) is 0 Å². The van der Waals surface area contributed by atoms with Crippen molar-refractivity contribution in [2.45, 2.75) is 0 Å². The van der Waals surface area contributed by atoms with Crippen molar-refractivity contribution in [3.63, 3.8) is 0 Å². The molecule has 1 nitrogen and oxygen atoms in total. The molecule has 0 spiro atoms. The van der Waals surface area contributed by atoms with Gasteiger partial charge in [-0.25, -0.2) is 0 Å². The Morgan fingerprint density at radius 2 is 1.82 bits per heavy atom. The van der Waals surface area contributed by atoms with Crippen molar-refractivity contribution in [1.82, 2.24) is 4.90 Å². The summed E-state index contributed by atoms with van der Waals surface area (Å²) in [5, 5.41) is 2.59. The summed E-state index contributed by atoms with van der Waals surface area (Å²) in [6, 6.07) is 15.1. The Morgan fingerprint density at radius 3 is 2.65 bits per heavy atom. The quantitative estimate of drug-likeness (QED) is 0.710. The maximum Gasteiger partial charge on any atom is 0.0354 e. The number of fused-ring (bicyclic) bond motifs is 1. The summed E-state index contributed by atoms with van der Waals surface area (Å²) in [5.74, 6) is 0. The second kappa shape index (κ2) is 4.10. The zero-order valence-electron chi connectivity index (χ0n) is 9.93. The Kier molecular flexibility index (Phi) is 2.45. The highest BCUT2D eigenvalue weighted by molar-refractivity contribution is 5.87. The molecule has 1 heterocycles. The Balaban J connectivity index is 2.09. The predicted octanol–water partition coefficient (Wildman–Crippen LogP) is 3.68. The monoisotopic (exact) mass is 221 g/mol. The summed E-state index contributed by atoms with van der Waals surface area (Å²) in [6.45, 7) is 0.997. The lowest BCUT2D eigenvalue weighted by Gasteiger charge is -2.18. The molecular weight excluding hydrogens is 206 g/mol. The van der Waals surface area contributed by atoms with Crippen molar-refractivity contribution in [2.24, 2.45) is 0 Å². The average Bonchev–Trinajstić information content (AvgIpc) is 2.38. The van der Waals surface area contributed by atoms with Crippen LogP contribution in [0.5, 0.6) is 0 Å². The van der Waals surface area contributed by atoms with Crippen LogP contribution in [0.4, 0.5) is 0 Å². The van der Waals surface area contributed by atoms with Crippen molar-refractivity contribution in [3.05, 3.63) is 66.4 Å². The van der Waals surface area contributed by atoms with Crippen LogP contribution in [-0.4, -0.2) is 18.5 Å². The first-order valence-corrected chi connectivity index (χ1v) is 5.91. The lowest BCUT2D eigenvalue weighted by Crippen LogP contribution is -2.13. The van der Waals surface area contributed by atoms with Crippen molar-refractivity contribution in [2.75, 3.05) is 13.6 Å². The highest BCUT2D eigenvalue weighted by Crippen LogP contribution is 2.23. The van der Waals surface area contributed by atoms with E-state index in [0.717, 1.165) is 6.54 Å². The number of benzene rings is 2. The Labute approximate surface area is 102 Å². The van der Waals surface area contributed by atoms with Gasteiger partial charge < -0.3 is 4.90 Å². The van der Waals surface area contributed by atoms with Gasteiger partial charge in [-0.1, -0.05) is 48.6 Å². The normalized spacial score (nSPS) is 15.1. The predicted molar refractivity (Wildman–Crippen MR) is 73.7 cm³/mol. The molecule has 1 heteroatoms. The van der Waals surface area contributed by atoms with Gasteiger partial charge >= 0.3 is 0 Å². The maximum atomic E-state index is 2.25. The van der Waals surface area contributed by atoms with E-state index < -0.39 is 0 Å². The lowest BCUT2D eigenvalue weighted by atomic mass is 10.0. The molecule has 17 heavy (non-hydrogen) atoms. The molecule has 0 radical (unpaired) electrons. The van der Waals surface area contributed by atoms with Gasteiger partial charge in [-0.05, 0) is 28.0 Å². The van der Waals surface area contributed by atoms with Gasteiger partial charge in [0.25, 0.3) is 0 Å². The highest BCUT2D eigenvalue weighted by Gasteiger charge is 2.04. The summed E-state index contributed by atoms with van der Waals surface area (Å²) >= 11 is 0. The number of likely N-dealkylation sites (N-methyl/N-ethyl adjacent to an activating group) is 1. The molecule has 2 aromatic carbocycles. The third kappa shape index (κ3) is 1.96. The molecule has 0 bridgehead atoms. The van der Waals surface area contributed by atoms with E-state index in [-0.39, 0.29) is 0 Å². The smallest absolute Gasteiger partial charge is 0.0354 e. The molecule has 0 N–H and O–H groups in total. The summed E-state index contributed by atoms with van der Waals surface area (Å²) < 4.78 is 0. The van der Waals surface area contributed by atoms with Crippen LogP contribution in [0, 0.1) is 0 Å². The Bertz CT molecular complexity index is 608. The van der Waals surface area contributed by atoms with Crippen LogP contribution in [0.3, 0.4) is 0 Å². The van der Waals surface area contributed by atoms with Crippen LogP contribution in [0.2, 0.25) is 0 Å². The molecule has 0 aromatic heterocycles. The van der Waals surface area contributed by atoms with Crippen LogP contribution in [-0.2, 0) is 0 Å². The van der Waals surface area contributed by atoms with E-state index in [0.29, 0.717) is 0 Å². The van der Waals surface area contributed by atoms with E-state index in [4.69, 9.17) is 0 Å². The third-order valence-electron chi connectivity index (χ3n) is 3.13. The SMILES string of the molecule is CN1C=C(c2ccc3ccccc3c2)C=CC1. The molecule has 1 aliphatic rings. The van der Waals surface area contributed by atoms with Crippen LogP contribution in [0.25, 0.3) is 16.3 Å². The van der Waals surface area contributed by atoms with Crippen LogP contribution in [0.15, 0.2) is 60.8 Å².